The predicted molar refractivity (Wildman–Crippen MR) is 115 cm³/mol. The smallest absolute Gasteiger partial charge is 0.203 e. The fourth-order valence-electron chi connectivity index (χ4n) is 3.83. The molecular formula is C23H20N6. The Kier molecular flexibility index (Phi) is 3.98. The summed E-state index contributed by atoms with van der Waals surface area (Å²) in [7, 11) is 2.06. The molecule has 3 aromatic heterocycles. The molecule has 29 heavy (non-hydrogen) atoms. The van der Waals surface area contributed by atoms with Gasteiger partial charge in [0.1, 0.15) is 5.69 Å². The highest BCUT2D eigenvalue weighted by Crippen LogP contribution is 2.32. The molecule has 0 unspecified atom stereocenters. The SMILES string of the molecule is CC(C=C1C=CN(C)c2ccccc21)=c1c(C)nn2c(-c3ccccn3)nnc12. The third-order valence-corrected chi connectivity index (χ3v) is 5.21. The molecule has 5 rings (SSSR count). The van der Waals surface area contributed by atoms with Crippen LogP contribution in [0, 0.1) is 6.92 Å². The fraction of sp³-hybridized carbons (Fsp3) is 0.130. The highest BCUT2D eigenvalue weighted by atomic mass is 15.4. The molecule has 0 aliphatic carbocycles. The maximum Gasteiger partial charge on any atom is 0.203 e. The van der Waals surface area contributed by atoms with Crippen LogP contribution in [-0.2, 0) is 0 Å². The summed E-state index contributed by atoms with van der Waals surface area (Å²) in [6.07, 6.45) is 8.17. The van der Waals surface area contributed by atoms with E-state index in [1.54, 1.807) is 10.7 Å². The normalized spacial score (nSPS) is 15.8. The molecule has 0 N–H and O–H groups in total. The molecule has 1 aromatic carbocycles. The van der Waals surface area contributed by atoms with E-state index >= 15 is 0 Å². The number of fused-ring (bicyclic) bond motifs is 2. The molecule has 0 saturated heterocycles. The highest BCUT2D eigenvalue weighted by Gasteiger charge is 2.17. The van der Waals surface area contributed by atoms with Gasteiger partial charge in [-0.15, -0.1) is 10.2 Å². The van der Waals surface area contributed by atoms with Crippen molar-refractivity contribution in [3.8, 4) is 11.5 Å². The zero-order valence-electron chi connectivity index (χ0n) is 16.5. The van der Waals surface area contributed by atoms with Crippen molar-refractivity contribution in [3.63, 3.8) is 0 Å². The van der Waals surface area contributed by atoms with Gasteiger partial charge >= 0.3 is 0 Å². The standard InChI is InChI=1S/C23H20N6/c1-15(14-17-11-13-28(3)20-10-5-4-8-18(17)20)21-16(2)27-29-22(25-26-23(21)29)19-9-6-7-12-24-19/h4-14H,1-3H3. The number of allylic oxidation sites excluding steroid dienone is 3. The van der Waals surface area contributed by atoms with E-state index in [0.29, 0.717) is 5.82 Å². The molecule has 0 saturated carbocycles. The maximum absolute atomic E-state index is 4.70. The van der Waals surface area contributed by atoms with Gasteiger partial charge in [0.25, 0.3) is 0 Å². The zero-order valence-corrected chi connectivity index (χ0v) is 16.5. The van der Waals surface area contributed by atoms with Crippen molar-refractivity contribution in [2.24, 2.45) is 0 Å². The summed E-state index contributed by atoms with van der Waals surface area (Å²) in [5, 5.41) is 14.5. The number of hydrogen-bond donors (Lipinski definition) is 0. The first-order chi connectivity index (χ1) is 14.1. The van der Waals surface area contributed by atoms with E-state index < -0.39 is 0 Å². The topological polar surface area (TPSA) is 59.2 Å². The largest absolute Gasteiger partial charge is 0.351 e. The van der Waals surface area contributed by atoms with Gasteiger partial charge in [-0.3, -0.25) is 4.98 Å². The molecule has 0 atom stereocenters. The number of nitrogens with zero attached hydrogens (tertiary/aromatic N) is 6. The minimum Gasteiger partial charge on any atom is -0.351 e. The molecule has 0 amide bonds. The Morgan fingerprint density at radius 1 is 1.03 bits per heavy atom. The molecule has 4 heterocycles. The monoisotopic (exact) mass is 380 g/mol. The summed E-state index contributed by atoms with van der Waals surface area (Å²) in [4.78, 5) is 6.52. The van der Waals surface area contributed by atoms with Gasteiger partial charge in [-0.25, -0.2) is 0 Å². The first kappa shape index (κ1) is 17.3. The average molecular weight is 380 g/mol. The molecule has 0 bridgehead atoms. The van der Waals surface area contributed by atoms with Crippen LogP contribution in [0.2, 0.25) is 0 Å². The molecule has 4 aromatic rings. The number of benzene rings is 1. The van der Waals surface area contributed by atoms with Crippen molar-refractivity contribution in [3.05, 3.63) is 83.5 Å². The summed E-state index contributed by atoms with van der Waals surface area (Å²) in [6.45, 7) is 4.10. The van der Waals surface area contributed by atoms with Gasteiger partial charge in [0.05, 0.1) is 5.69 Å². The summed E-state index contributed by atoms with van der Waals surface area (Å²) in [5.41, 5.74) is 7.10. The number of rotatable bonds is 2. The minimum absolute atomic E-state index is 0.653. The number of anilines is 1. The van der Waals surface area contributed by atoms with E-state index in [0.717, 1.165) is 27.8 Å². The van der Waals surface area contributed by atoms with E-state index in [4.69, 9.17) is 5.10 Å². The lowest BCUT2D eigenvalue weighted by molar-refractivity contribution is 0.930. The van der Waals surface area contributed by atoms with Crippen LogP contribution in [0.4, 0.5) is 5.69 Å². The molecular weight excluding hydrogens is 360 g/mol. The van der Waals surface area contributed by atoms with E-state index in [2.05, 4.69) is 76.7 Å². The Morgan fingerprint density at radius 2 is 1.86 bits per heavy atom. The summed E-state index contributed by atoms with van der Waals surface area (Å²) in [6, 6.07) is 14.1. The predicted octanol–water partition coefficient (Wildman–Crippen LogP) is 3.43. The van der Waals surface area contributed by atoms with Crippen LogP contribution in [0.15, 0.2) is 67.0 Å². The van der Waals surface area contributed by atoms with E-state index in [1.165, 1.54) is 16.8 Å². The number of para-hydroxylation sites is 1. The first-order valence-corrected chi connectivity index (χ1v) is 9.49. The molecule has 0 fully saturated rings. The van der Waals surface area contributed by atoms with Crippen molar-refractivity contribution in [1.82, 2.24) is 24.8 Å². The second-order valence-electron chi connectivity index (χ2n) is 7.16. The van der Waals surface area contributed by atoms with Crippen LogP contribution in [0.5, 0.6) is 0 Å². The van der Waals surface area contributed by atoms with Gasteiger partial charge in [0.2, 0.25) is 5.82 Å². The molecule has 1 aliphatic rings. The Morgan fingerprint density at radius 3 is 2.69 bits per heavy atom. The Labute approximate surface area is 168 Å². The lowest BCUT2D eigenvalue weighted by Gasteiger charge is -2.23. The minimum atomic E-state index is 0.653. The van der Waals surface area contributed by atoms with Crippen LogP contribution >= 0.6 is 0 Å². The van der Waals surface area contributed by atoms with E-state index in [1.807, 2.05) is 25.1 Å². The van der Waals surface area contributed by atoms with Gasteiger partial charge in [0, 0.05) is 35.9 Å². The van der Waals surface area contributed by atoms with Gasteiger partial charge in [-0.2, -0.15) is 9.61 Å². The van der Waals surface area contributed by atoms with Gasteiger partial charge in [-0.05, 0) is 49.3 Å². The van der Waals surface area contributed by atoms with Crippen LogP contribution in [0.1, 0.15) is 18.2 Å². The lowest BCUT2D eigenvalue weighted by Crippen LogP contribution is -2.13. The third-order valence-electron chi connectivity index (χ3n) is 5.21. The number of pyridine rings is 1. The molecule has 1 aliphatic heterocycles. The van der Waals surface area contributed by atoms with E-state index in [-0.39, 0.29) is 0 Å². The third kappa shape index (κ3) is 2.81. The Bertz CT molecular complexity index is 1330. The summed E-state index contributed by atoms with van der Waals surface area (Å²) < 4.78 is 1.79. The van der Waals surface area contributed by atoms with E-state index in [9.17, 15) is 0 Å². The summed E-state index contributed by atoms with van der Waals surface area (Å²) >= 11 is 0. The Hall–Kier alpha value is -3.80. The van der Waals surface area contributed by atoms with Crippen LogP contribution in [0.25, 0.3) is 28.3 Å². The maximum atomic E-state index is 4.70. The van der Waals surface area contributed by atoms with Gasteiger partial charge in [0.15, 0.2) is 5.65 Å². The molecule has 6 heteroatoms. The number of hydrogen-bond acceptors (Lipinski definition) is 5. The fourth-order valence-corrected chi connectivity index (χ4v) is 3.83. The molecule has 142 valence electrons. The highest BCUT2D eigenvalue weighted by molar-refractivity contribution is 5.90. The van der Waals surface area contributed by atoms with Crippen molar-refractivity contribution in [2.45, 2.75) is 13.8 Å². The Balaban J connectivity index is 1.69. The van der Waals surface area contributed by atoms with Crippen LogP contribution in [0.3, 0.4) is 0 Å². The number of aryl methyl sites for hydroxylation is 1. The van der Waals surface area contributed by atoms with Crippen molar-refractivity contribution in [2.75, 3.05) is 11.9 Å². The van der Waals surface area contributed by atoms with Crippen molar-refractivity contribution in [1.29, 1.82) is 0 Å². The number of aromatic nitrogens is 5. The van der Waals surface area contributed by atoms with Crippen LogP contribution in [-0.4, -0.2) is 31.8 Å². The van der Waals surface area contributed by atoms with Gasteiger partial charge in [-0.1, -0.05) is 30.3 Å². The average Bonchev–Trinajstić information content (AvgIpc) is 3.28. The first-order valence-electron chi connectivity index (χ1n) is 9.49. The molecule has 6 nitrogen and oxygen atoms in total. The molecule has 0 radical (unpaired) electrons. The zero-order chi connectivity index (χ0) is 20.0. The second-order valence-corrected chi connectivity index (χ2v) is 7.16. The van der Waals surface area contributed by atoms with Crippen molar-refractivity contribution < 1.29 is 0 Å². The van der Waals surface area contributed by atoms with Gasteiger partial charge < -0.3 is 4.90 Å². The van der Waals surface area contributed by atoms with Crippen LogP contribution < -0.4 is 10.1 Å². The van der Waals surface area contributed by atoms with Crippen molar-refractivity contribution >= 4 is 22.5 Å². The summed E-state index contributed by atoms with van der Waals surface area (Å²) in [5.74, 6) is 0.653. The quantitative estimate of drug-likeness (QED) is 0.533. The lowest BCUT2D eigenvalue weighted by atomic mass is 9.98. The molecule has 0 spiro atoms. The second kappa shape index (κ2) is 6.67.